The number of nitrogens with zero attached hydrogens (tertiary/aromatic N) is 1. The van der Waals surface area contributed by atoms with Crippen LogP contribution in [0.5, 0.6) is 0 Å². The Morgan fingerprint density at radius 3 is 2.76 bits per heavy atom. The van der Waals surface area contributed by atoms with Crippen LogP contribution in [0.15, 0.2) is 49.1 Å². The van der Waals surface area contributed by atoms with Gasteiger partial charge >= 0.3 is 5.97 Å². The molecule has 0 saturated carbocycles. The maximum atomic E-state index is 12.1. The van der Waals surface area contributed by atoms with E-state index in [0.29, 0.717) is 18.4 Å². The largest absolute Gasteiger partial charge is 0.480 e. The number of carboxylic acids is 1. The van der Waals surface area contributed by atoms with E-state index >= 15 is 0 Å². The van der Waals surface area contributed by atoms with Gasteiger partial charge in [0, 0.05) is 5.39 Å². The Hall–Kier alpha value is -2.69. The molecule has 0 aliphatic rings. The van der Waals surface area contributed by atoms with Crippen LogP contribution >= 0.6 is 0 Å². The van der Waals surface area contributed by atoms with Gasteiger partial charge in [0.05, 0.1) is 5.52 Å². The van der Waals surface area contributed by atoms with Crippen LogP contribution in [0.2, 0.25) is 0 Å². The molecule has 0 aliphatic carbocycles. The first-order valence-electron chi connectivity index (χ1n) is 6.62. The van der Waals surface area contributed by atoms with Crippen LogP contribution in [0.1, 0.15) is 23.3 Å². The second-order valence-corrected chi connectivity index (χ2v) is 4.62. The molecule has 0 radical (unpaired) electrons. The summed E-state index contributed by atoms with van der Waals surface area (Å²) in [5.74, 6) is -1.55. The third-order valence-corrected chi connectivity index (χ3v) is 3.09. The van der Waals surface area contributed by atoms with Crippen LogP contribution < -0.4 is 5.32 Å². The Morgan fingerprint density at radius 1 is 1.29 bits per heavy atom. The van der Waals surface area contributed by atoms with E-state index in [4.69, 9.17) is 5.11 Å². The zero-order valence-electron chi connectivity index (χ0n) is 11.5. The number of fused-ring (bicyclic) bond motifs is 1. The number of hydrogen-bond acceptors (Lipinski definition) is 3. The summed E-state index contributed by atoms with van der Waals surface area (Å²) in [4.78, 5) is 27.5. The van der Waals surface area contributed by atoms with E-state index in [1.807, 2.05) is 18.2 Å². The lowest BCUT2D eigenvalue weighted by Crippen LogP contribution is -2.41. The van der Waals surface area contributed by atoms with Crippen molar-refractivity contribution in [2.45, 2.75) is 18.9 Å². The molecule has 0 unspecified atom stereocenters. The number of amides is 1. The van der Waals surface area contributed by atoms with Crippen molar-refractivity contribution in [2.24, 2.45) is 0 Å². The molecule has 2 N–H and O–H groups in total. The molecule has 2 aromatic rings. The molecule has 1 aromatic heterocycles. The number of para-hydroxylation sites is 1. The van der Waals surface area contributed by atoms with Crippen LogP contribution in [0.25, 0.3) is 10.9 Å². The van der Waals surface area contributed by atoms with Crippen molar-refractivity contribution >= 4 is 22.8 Å². The van der Waals surface area contributed by atoms with Gasteiger partial charge in [0.15, 0.2) is 0 Å². The van der Waals surface area contributed by atoms with Crippen LogP contribution in [-0.4, -0.2) is 28.0 Å². The molecule has 21 heavy (non-hydrogen) atoms. The van der Waals surface area contributed by atoms with Crippen molar-refractivity contribution in [1.82, 2.24) is 10.3 Å². The predicted octanol–water partition coefficient (Wildman–Crippen LogP) is 2.38. The van der Waals surface area contributed by atoms with E-state index in [-0.39, 0.29) is 5.69 Å². The normalized spacial score (nSPS) is 11.8. The van der Waals surface area contributed by atoms with E-state index in [9.17, 15) is 9.59 Å². The van der Waals surface area contributed by atoms with Crippen LogP contribution in [0, 0.1) is 0 Å². The fraction of sp³-hybridized carbons (Fsp3) is 0.188. The molecule has 0 saturated heterocycles. The zero-order valence-corrected chi connectivity index (χ0v) is 11.5. The lowest BCUT2D eigenvalue weighted by molar-refractivity contribution is -0.139. The summed E-state index contributed by atoms with van der Waals surface area (Å²) in [7, 11) is 0. The van der Waals surface area contributed by atoms with Gasteiger partial charge < -0.3 is 10.4 Å². The standard InChI is InChI=1S/C16H16N2O3/c1-2-3-7-14(16(20)21)18-15(19)13-10-9-11-6-4-5-8-12(11)17-13/h2,4-6,8-10,14H,1,3,7H2,(H,18,19)(H,20,21)/t14-/m1/s1. The summed E-state index contributed by atoms with van der Waals surface area (Å²) in [6.07, 6.45) is 2.44. The van der Waals surface area contributed by atoms with Gasteiger partial charge in [0.2, 0.25) is 0 Å². The molecule has 0 bridgehead atoms. The summed E-state index contributed by atoms with van der Waals surface area (Å²) >= 11 is 0. The van der Waals surface area contributed by atoms with Gasteiger partial charge in [0.25, 0.3) is 5.91 Å². The number of carbonyl (C=O) groups excluding carboxylic acids is 1. The molecule has 1 heterocycles. The minimum Gasteiger partial charge on any atom is -0.480 e. The number of pyridine rings is 1. The van der Waals surface area contributed by atoms with E-state index in [1.54, 1.807) is 24.3 Å². The molecule has 5 heteroatoms. The zero-order chi connectivity index (χ0) is 15.2. The Balaban J connectivity index is 2.16. The quantitative estimate of drug-likeness (QED) is 0.798. The molecule has 1 atom stereocenters. The molecule has 1 aromatic carbocycles. The summed E-state index contributed by atoms with van der Waals surface area (Å²) < 4.78 is 0. The highest BCUT2D eigenvalue weighted by Gasteiger charge is 2.20. The summed E-state index contributed by atoms with van der Waals surface area (Å²) in [6, 6.07) is 9.86. The lowest BCUT2D eigenvalue weighted by Gasteiger charge is -2.13. The van der Waals surface area contributed by atoms with Crippen molar-refractivity contribution in [1.29, 1.82) is 0 Å². The molecule has 0 fully saturated rings. The van der Waals surface area contributed by atoms with Crippen LogP contribution in [0.3, 0.4) is 0 Å². The van der Waals surface area contributed by atoms with Gasteiger partial charge in [0.1, 0.15) is 11.7 Å². The fourth-order valence-electron chi connectivity index (χ4n) is 1.97. The van der Waals surface area contributed by atoms with Gasteiger partial charge in [-0.05, 0) is 25.0 Å². The average Bonchev–Trinajstić information content (AvgIpc) is 2.50. The average molecular weight is 284 g/mol. The van der Waals surface area contributed by atoms with E-state index < -0.39 is 17.9 Å². The topological polar surface area (TPSA) is 79.3 Å². The molecule has 1 amide bonds. The van der Waals surface area contributed by atoms with Gasteiger partial charge in [-0.2, -0.15) is 0 Å². The Kier molecular flexibility index (Phi) is 4.66. The number of rotatable bonds is 6. The minimum atomic E-state index is -1.06. The number of carboxylic acid groups (broad SMARTS) is 1. The first-order valence-corrected chi connectivity index (χ1v) is 6.62. The van der Waals surface area contributed by atoms with Crippen molar-refractivity contribution in [2.75, 3.05) is 0 Å². The Bertz CT molecular complexity index is 682. The molecular formula is C16H16N2O3. The molecule has 5 nitrogen and oxygen atoms in total. The summed E-state index contributed by atoms with van der Waals surface area (Å²) in [5.41, 5.74) is 0.904. The van der Waals surface area contributed by atoms with Gasteiger partial charge in [-0.25, -0.2) is 9.78 Å². The van der Waals surface area contributed by atoms with E-state index in [0.717, 1.165) is 5.39 Å². The second-order valence-electron chi connectivity index (χ2n) is 4.62. The number of allylic oxidation sites excluding steroid dienone is 1. The second kappa shape index (κ2) is 6.65. The number of benzene rings is 1. The minimum absolute atomic E-state index is 0.207. The Morgan fingerprint density at radius 2 is 2.05 bits per heavy atom. The summed E-state index contributed by atoms with van der Waals surface area (Å²) in [6.45, 7) is 3.55. The highest BCUT2D eigenvalue weighted by Crippen LogP contribution is 2.12. The highest BCUT2D eigenvalue weighted by atomic mass is 16.4. The lowest BCUT2D eigenvalue weighted by atomic mass is 10.1. The smallest absolute Gasteiger partial charge is 0.326 e. The van der Waals surface area contributed by atoms with Gasteiger partial charge in [-0.1, -0.05) is 30.3 Å². The van der Waals surface area contributed by atoms with Crippen molar-refractivity contribution in [3.63, 3.8) is 0 Å². The maximum absolute atomic E-state index is 12.1. The van der Waals surface area contributed by atoms with E-state index in [2.05, 4.69) is 16.9 Å². The van der Waals surface area contributed by atoms with Crippen molar-refractivity contribution in [3.8, 4) is 0 Å². The molecule has 0 spiro atoms. The Labute approximate surface area is 122 Å². The number of hydrogen-bond donors (Lipinski definition) is 2. The highest BCUT2D eigenvalue weighted by molar-refractivity contribution is 5.96. The molecular weight excluding hydrogens is 268 g/mol. The number of aliphatic carboxylic acids is 1. The number of nitrogens with one attached hydrogen (secondary N) is 1. The summed E-state index contributed by atoms with van der Waals surface area (Å²) in [5, 5.41) is 12.5. The van der Waals surface area contributed by atoms with Gasteiger partial charge in [-0.15, -0.1) is 6.58 Å². The van der Waals surface area contributed by atoms with Crippen LogP contribution in [0.4, 0.5) is 0 Å². The van der Waals surface area contributed by atoms with Crippen LogP contribution in [-0.2, 0) is 4.79 Å². The first-order chi connectivity index (χ1) is 10.1. The fourth-order valence-corrected chi connectivity index (χ4v) is 1.97. The van der Waals surface area contributed by atoms with Crippen molar-refractivity contribution in [3.05, 3.63) is 54.7 Å². The molecule has 2 rings (SSSR count). The maximum Gasteiger partial charge on any atom is 0.326 e. The monoisotopic (exact) mass is 284 g/mol. The third kappa shape index (κ3) is 3.66. The third-order valence-electron chi connectivity index (χ3n) is 3.09. The molecule has 108 valence electrons. The van der Waals surface area contributed by atoms with Gasteiger partial charge in [-0.3, -0.25) is 4.79 Å². The first kappa shape index (κ1) is 14.7. The molecule has 0 aliphatic heterocycles. The van der Waals surface area contributed by atoms with E-state index in [1.165, 1.54) is 0 Å². The number of aromatic nitrogens is 1. The SMILES string of the molecule is C=CCC[C@@H](NC(=O)c1ccc2ccccc2n1)C(=O)O. The van der Waals surface area contributed by atoms with Crippen molar-refractivity contribution < 1.29 is 14.7 Å². The number of carbonyl (C=O) groups is 2. The predicted molar refractivity (Wildman–Crippen MR) is 80.1 cm³/mol.